The van der Waals surface area contributed by atoms with Gasteiger partial charge in [0, 0.05) is 18.1 Å². The number of fused-ring (bicyclic) bond motifs is 1. The number of aromatic nitrogens is 1. The van der Waals surface area contributed by atoms with Crippen LogP contribution in [0, 0.1) is 0 Å². The van der Waals surface area contributed by atoms with Crippen molar-refractivity contribution >= 4 is 44.6 Å². The number of H-pyrrole nitrogens is 1. The van der Waals surface area contributed by atoms with Gasteiger partial charge in [-0.1, -0.05) is 38.0 Å². The van der Waals surface area contributed by atoms with Crippen LogP contribution in [0.4, 0.5) is 4.79 Å². The van der Waals surface area contributed by atoms with Crippen molar-refractivity contribution in [2.45, 2.75) is 89.3 Å². The number of benzene rings is 1. The zero-order valence-electron chi connectivity index (χ0n) is 26.5. The maximum atomic E-state index is 13.6. The van der Waals surface area contributed by atoms with Crippen LogP contribution in [0.1, 0.15) is 70.3 Å². The first-order valence-electron chi connectivity index (χ1n) is 15.7. The van der Waals surface area contributed by atoms with E-state index in [0.717, 1.165) is 42.9 Å². The van der Waals surface area contributed by atoms with Crippen LogP contribution in [0.25, 0.3) is 10.8 Å². The number of carbonyl (C=O) groups excluding carboxylic acids is 4. The minimum Gasteiger partial charge on any atom is -0.450 e. The highest BCUT2D eigenvalue weighted by atomic mass is 32.2. The second kappa shape index (κ2) is 17.5. The van der Waals surface area contributed by atoms with Gasteiger partial charge < -0.3 is 25.3 Å². The minimum atomic E-state index is -3.84. The second-order valence-electron chi connectivity index (χ2n) is 11.5. The third-order valence-electron chi connectivity index (χ3n) is 7.78. The summed E-state index contributed by atoms with van der Waals surface area (Å²) in [5.41, 5.74) is 0.938. The highest BCUT2D eigenvalue weighted by Crippen LogP contribution is 2.21. The summed E-state index contributed by atoms with van der Waals surface area (Å²) in [4.78, 5) is 67.9. The molecule has 4 N–H and O–H groups in total. The quantitative estimate of drug-likeness (QED) is 0.148. The van der Waals surface area contributed by atoms with Crippen molar-refractivity contribution in [3.05, 3.63) is 59.0 Å². The fourth-order valence-corrected chi connectivity index (χ4v) is 5.94. The van der Waals surface area contributed by atoms with Crippen molar-refractivity contribution in [2.75, 3.05) is 19.4 Å². The minimum absolute atomic E-state index is 0.00908. The Bertz CT molecular complexity index is 1560. The van der Waals surface area contributed by atoms with E-state index in [1.165, 1.54) is 11.0 Å². The van der Waals surface area contributed by atoms with Crippen molar-refractivity contribution in [3.63, 3.8) is 0 Å². The van der Waals surface area contributed by atoms with Gasteiger partial charge in [0.1, 0.15) is 18.1 Å². The van der Waals surface area contributed by atoms with Gasteiger partial charge in [0.2, 0.25) is 21.8 Å². The number of hydrogen-bond donors (Lipinski definition) is 4. The molecule has 3 rings (SSSR count). The van der Waals surface area contributed by atoms with Gasteiger partial charge in [-0.2, -0.15) is 0 Å². The first-order chi connectivity index (χ1) is 21.9. The van der Waals surface area contributed by atoms with Crippen LogP contribution in [-0.2, 0) is 35.6 Å². The van der Waals surface area contributed by atoms with E-state index in [0.29, 0.717) is 44.0 Å². The van der Waals surface area contributed by atoms with E-state index in [2.05, 4.69) is 22.2 Å². The fourth-order valence-electron chi connectivity index (χ4n) is 5.43. The molecule has 0 bridgehead atoms. The standard InChI is InChI=1S/C32H45N5O8S/c1-4-6-13-26(31(41)37-19-10-14-27(37)30(40)34-25(11-5-2)29(39)36-46(3,43)44)35-32(42)45-20-9-7-8-12-22-15-16-23-17-18-33-28(38)24(23)21-22/h5,15-18,21,25-27H,2,4,6-14,19-20H2,1,3H3,(H,33,38)(H,34,40)(H,35,42)(H,36,39)/t25?,26?,27-/m0/s1. The van der Waals surface area contributed by atoms with E-state index in [1.54, 1.807) is 6.20 Å². The Balaban J connectivity index is 1.50. The van der Waals surface area contributed by atoms with Crippen LogP contribution in [0.5, 0.6) is 0 Å². The van der Waals surface area contributed by atoms with Crippen LogP contribution >= 0.6 is 0 Å². The number of aryl methyl sites for hydroxylation is 1. The van der Waals surface area contributed by atoms with Gasteiger partial charge in [-0.25, -0.2) is 13.2 Å². The normalized spacial score (nSPS) is 16.0. The number of rotatable bonds is 17. The number of hydrogen-bond acceptors (Lipinski definition) is 8. The number of aromatic amines is 1. The second-order valence-corrected chi connectivity index (χ2v) is 13.3. The van der Waals surface area contributed by atoms with E-state index in [1.807, 2.05) is 35.9 Å². The van der Waals surface area contributed by atoms with Crippen molar-refractivity contribution in [3.8, 4) is 0 Å². The van der Waals surface area contributed by atoms with Crippen molar-refractivity contribution in [1.29, 1.82) is 0 Å². The molecule has 2 unspecified atom stereocenters. The van der Waals surface area contributed by atoms with Gasteiger partial charge in [-0.05, 0) is 74.4 Å². The Morgan fingerprint density at radius 1 is 1.11 bits per heavy atom. The molecule has 1 fully saturated rings. The Labute approximate surface area is 269 Å². The fraction of sp³-hybridized carbons (Fsp3) is 0.531. The molecule has 0 saturated carbocycles. The maximum Gasteiger partial charge on any atom is 0.407 e. The lowest BCUT2D eigenvalue weighted by Gasteiger charge is -2.29. The molecule has 1 aliphatic rings. The molecule has 46 heavy (non-hydrogen) atoms. The summed E-state index contributed by atoms with van der Waals surface area (Å²) >= 11 is 0. The maximum absolute atomic E-state index is 13.6. The molecule has 1 aliphatic heterocycles. The zero-order valence-corrected chi connectivity index (χ0v) is 27.3. The van der Waals surface area contributed by atoms with Gasteiger partial charge >= 0.3 is 6.09 Å². The average Bonchev–Trinajstić information content (AvgIpc) is 3.50. The number of carbonyl (C=O) groups is 4. The Morgan fingerprint density at radius 3 is 2.61 bits per heavy atom. The molecule has 3 atom stereocenters. The molecule has 14 heteroatoms. The molecule has 1 saturated heterocycles. The molecule has 2 aromatic rings. The lowest BCUT2D eigenvalue weighted by Crippen LogP contribution is -2.56. The van der Waals surface area contributed by atoms with Crippen LogP contribution in [0.3, 0.4) is 0 Å². The highest BCUT2D eigenvalue weighted by Gasteiger charge is 2.38. The van der Waals surface area contributed by atoms with Gasteiger partial charge in [0.15, 0.2) is 0 Å². The lowest BCUT2D eigenvalue weighted by molar-refractivity contribution is -0.140. The third-order valence-corrected chi connectivity index (χ3v) is 8.35. The van der Waals surface area contributed by atoms with Crippen LogP contribution in [-0.4, -0.2) is 79.6 Å². The van der Waals surface area contributed by atoms with Crippen LogP contribution in [0.2, 0.25) is 0 Å². The molecule has 1 aromatic heterocycles. The molecule has 252 valence electrons. The van der Waals surface area contributed by atoms with Gasteiger partial charge in [-0.15, -0.1) is 6.58 Å². The number of nitrogens with zero attached hydrogens (tertiary/aromatic N) is 1. The van der Waals surface area contributed by atoms with Gasteiger partial charge in [-0.3, -0.25) is 23.9 Å². The summed E-state index contributed by atoms with van der Waals surface area (Å²) < 4.78 is 30.3. The largest absolute Gasteiger partial charge is 0.450 e. The molecule has 0 aliphatic carbocycles. The molecule has 1 aromatic carbocycles. The van der Waals surface area contributed by atoms with Crippen molar-refractivity contribution < 1.29 is 32.3 Å². The monoisotopic (exact) mass is 659 g/mol. The SMILES string of the molecule is C=CCC(NC(=O)[C@@H]1CCCN1C(=O)C(CCCC)NC(=O)OCCCCCc1ccc2cc[nH]c(=O)c2c1)C(=O)NS(C)(=O)=O. The summed E-state index contributed by atoms with van der Waals surface area (Å²) in [6.45, 7) is 5.99. The highest BCUT2D eigenvalue weighted by molar-refractivity contribution is 7.89. The number of amides is 4. The molecule has 4 amide bonds. The summed E-state index contributed by atoms with van der Waals surface area (Å²) in [6, 6.07) is 4.73. The summed E-state index contributed by atoms with van der Waals surface area (Å²) in [6.07, 6.45) is 8.89. The van der Waals surface area contributed by atoms with E-state index >= 15 is 0 Å². The lowest BCUT2D eigenvalue weighted by atomic mass is 10.0. The first-order valence-corrected chi connectivity index (χ1v) is 17.6. The number of likely N-dealkylation sites (tertiary alicyclic amines) is 1. The average molecular weight is 660 g/mol. The zero-order chi connectivity index (χ0) is 33.7. The number of nitrogens with one attached hydrogen (secondary N) is 4. The smallest absolute Gasteiger partial charge is 0.407 e. The van der Waals surface area contributed by atoms with Gasteiger partial charge in [0.25, 0.3) is 11.5 Å². The van der Waals surface area contributed by atoms with Crippen LogP contribution in [0.15, 0.2) is 47.9 Å². The predicted molar refractivity (Wildman–Crippen MR) is 174 cm³/mol. The molecule has 0 spiro atoms. The summed E-state index contributed by atoms with van der Waals surface area (Å²) in [5.74, 6) is -1.91. The van der Waals surface area contributed by atoms with E-state index < -0.39 is 52.0 Å². The van der Waals surface area contributed by atoms with E-state index in [-0.39, 0.29) is 18.6 Å². The molecule has 0 radical (unpaired) electrons. The number of pyridine rings is 1. The first kappa shape index (κ1) is 36.3. The molecular weight excluding hydrogens is 614 g/mol. The predicted octanol–water partition coefficient (Wildman–Crippen LogP) is 2.65. The third kappa shape index (κ3) is 11.0. The topological polar surface area (TPSA) is 184 Å². The van der Waals surface area contributed by atoms with Gasteiger partial charge in [0.05, 0.1) is 12.9 Å². The Kier molecular flexibility index (Phi) is 13.8. The number of sulfonamides is 1. The number of unbranched alkanes of at least 4 members (excludes halogenated alkanes) is 3. The number of alkyl carbamates (subject to hydrolysis) is 1. The Morgan fingerprint density at radius 2 is 1.89 bits per heavy atom. The van der Waals surface area contributed by atoms with Crippen molar-refractivity contribution in [2.24, 2.45) is 0 Å². The van der Waals surface area contributed by atoms with Crippen LogP contribution < -0.4 is 20.9 Å². The van der Waals surface area contributed by atoms with E-state index in [9.17, 15) is 32.4 Å². The summed E-state index contributed by atoms with van der Waals surface area (Å²) in [5, 5.41) is 6.76. The Hall–Kier alpha value is -4.20. The van der Waals surface area contributed by atoms with Crippen molar-refractivity contribution in [1.82, 2.24) is 25.2 Å². The van der Waals surface area contributed by atoms with E-state index in [4.69, 9.17) is 4.74 Å². The number of ether oxygens (including phenoxy) is 1. The summed E-state index contributed by atoms with van der Waals surface area (Å²) in [7, 11) is -3.84. The molecular formula is C32H45N5O8S. The molecule has 2 heterocycles. The molecule has 13 nitrogen and oxygen atoms in total.